The van der Waals surface area contributed by atoms with Crippen LogP contribution in [0, 0.1) is 0 Å². The summed E-state index contributed by atoms with van der Waals surface area (Å²) < 4.78 is 13.2. The highest BCUT2D eigenvalue weighted by atomic mass is 33.1. The van der Waals surface area contributed by atoms with Gasteiger partial charge in [-0.15, -0.1) is 11.3 Å². The second kappa shape index (κ2) is 11.0. The highest BCUT2D eigenvalue weighted by Gasteiger charge is 2.45. The molecule has 0 N–H and O–H groups in total. The van der Waals surface area contributed by atoms with Crippen LogP contribution in [0.5, 0.6) is 0 Å². The van der Waals surface area contributed by atoms with Crippen molar-refractivity contribution in [1.82, 2.24) is 9.88 Å². The fraction of sp³-hybridized carbons (Fsp3) is 0.593. The lowest BCUT2D eigenvalue weighted by Crippen LogP contribution is -2.61. The number of rotatable bonds is 9. The first-order valence-electron chi connectivity index (χ1n) is 12.5. The smallest absolute Gasteiger partial charge is 0.333 e. The molecule has 204 valence electrons. The van der Waals surface area contributed by atoms with E-state index in [1.807, 2.05) is 32.9 Å². The van der Waals surface area contributed by atoms with E-state index in [1.165, 1.54) is 10.8 Å². The molecule has 1 aliphatic heterocycles. The van der Waals surface area contributed by atoms with E-state index < -0.39 is 25.9 Å². The van der Waals surface area contributed by atoms with Gasteiger partial charge in [-0.3, -0.25) is 4.79 Å². The van der Waals surface area contributed by atoms with Crippen LogP contribution in [0.25, 0.3) is 10.2 Å². The minimum absolute atomic E-state index is 0.0705. The number of nitrogens with zero attached hydrogens (tertiary/aromatic N) is 2. The van der Waals surface area contributed by atoms with Crippen LogP contribution in [0.2, 0.25) is 18.1 Å². The van der Waals surface area contributed by atoms with Crippen LogP contribution in [0.4, 0.5) is 0 Å². The number of ether oxygens (including phenoxy) is 1. The van der Waals surface area contributed by atoms with E-state index in [4.69, 9.17) is 14.1 Å². The number of hydrogen-bond donors (Lipinski definition) is 0. The molecular weight excluding hydrogens is 541 g/mol. The molecule has 37 heavy (non-hydrogen) atoms. The summed E-state index contributed by atoms with van der Waals surface area (Å²) in [5.41, 5.74) is 0.927. The van der Waals surface area contributed by atoms with Gasteiger partial charge in [-0.25, -0.2) is 9.78 Å². The van der Waals surface area contributed by atoms with Gasteiger partial charge < -0.3 is 14.1 Å². The zero-order chi connectivity index (χ0) is 27.9. The van der Waals surface area contributed by atoms with Crippen molar-refractivity contribution in [2.45, 2.75) is 101 Å². The number of para-hydroxylation sites is 1. The number of likely N-dealkylation sites (tertiary alicyclic amines) is 1. The first kappa shape index (κ1) is 30.2. The standard InChI is InChI=1S/C27H40N2O4S3Si/c1-16(2)22(25(31)32-26(4,5)6)29-15-20(24(29)30)36-35-19-14-12-13-18-21(19)28-23(34-18)17(3)33-37(10,11)27(7,8)9/h12-14,17,20,22H,1,15H2,2-11H3/t17-,20+,22?/m1/s1. The number of aromatic nitrogens is 1. The zero-order valence-corrected chi connectivity index (χ0v) is 27.1. The zero-order valence-electron chi connectivity index (χ0n) is 23.6. The third-order valence-corrected chi connectivity index (χ3v) is 15.1. The summed E-state index contributed by atoms with van der Waals surface area (Å²) in [4.78, 5) is 33.2. The van der Waals surface area contributed by atoms with Gasteiger partial charge in [0.05, 0.1) is 16.3 Å². The van der Waals surface area contributed by atoms with Crippen LogP contribution in [0.15, 0.2) is 35.2 Å². The van der Waals surface area contributed by atoms with Crippen LogP contribution in [-0.4, -0.2) is 53.5 Å². The van der Waals surface area contributed by atoms with Gasteiger partial charge >= 0.3 is 5.97 Å². The molecule has 1 aromatic carbocycles. The molecule has 1 aliphatic rings. The molecule has 1 fully saturated rings. The highest BCUT2D eigenvalue weighted by Crippen LogP contribution is 2.45. The van der Waals surface area contributed by atoms with Crippen molar-refractivity contribution in [2.24, 2.45) is 0 Å². The third kappa shape index (κ3) is 7.01. The predicted molar refractivity (Wildman–Crippen MR) is 160 cm³/mol. The SMILES string of the molecule is C=C(C)C(C(=O)OC(C)(C)C)N1C[C@H](SSc2cccc3sc([C@@H](C)O[Si](C)(C)C(C)(C)C)nc23)C1=O. The Morgan fingerprint density at radius 1 is 1.24 bits per heavy atom. The Morgan fingerprint density at radius 2 is 1.89 bits per heavy atom. The first-order valence-corrected chi connectivity index (χ1v) is 18.4. The quantitative estimate of drug-likeness (QED) is 0.0993. The second-order valence-electron chi connectivity index (χ2n) is 12.1. The van der Waals surface area contributed by atoms with Gasteiger partial charge in [-0.05, 0) is 70.5 Å². The van der Waals surface area contributed by atoms with E-state index in [2.05, 4.69) is 53.4 Å². The molecule has 3 atom stereocenters. The average molecular weight is 581 g/mol. The van der Waals surface area contributed by atoms with Gasteiger partial charge in [-0.2, -0.15) is 0 Å². The molecular formula is C27H40N2O4S3Si. The molecule has 0 bridgehead atoms. The summed E-state index contributed by atoms with van der Waals surface area (Å²) in [7, 11) is 1.16. The molecule has 2 heterocycles. The fourth-order valence-corrected chi connectivity index (χ4v) is 8.63. The number of amides is 1. The van der Waals surface area contributed by atoms with Crippen LogP contribution in [-0.2, 0) is 18.8 Å². The van der Waals surface area contributed by atoms with E-state index in [0.717, 1.165) is 20.1 Å². The molecule has 0 aliphatic carbocycles. The van der Waals surface area contributed by atoms with Gasteiger partial charge in [-0.1, -0.05) is 55.0 Å². The van der Waals surface area contributed by atoms with Gasteiger partial charge in [0.1, 0.15) is 15.9 Å². The molecule has 1 aromatic heterocycles. The molecule has 1 saturated heterocycles. The number of benzene rings is 1. The number of fused-ring (bicyclic) bond motifs is 1. The number of esters is 1. The minimum Gasteiger partial charge on any atom is -0.458 e. The van der Waals surface area contributed by atoms with Crippen molar-refractivity contribution in [1.29, 1.82) is 0 Å². The Balaban J connectivity index is 1.68. The predicted octanol–water partition coefficient (Wildman–Crippen LogP) is 7.62. The van der Waals surface area contributed by atoms with Crippen molar-refractivity contribution in [3.63, 3.8) is 0 Å². The number of carbonyl (C=O) groups excluding carboxylic acids is 2. The lowest BCUT2D eigenvalue weighted by molar-refractivity contribution is -0.166. The molecule has 0 saturated carbocycles. The van der Waals surface area contributed by atoms with Crippen molar-refractivity contribution < 1.29 is 18.8 Å². The van der Waals surface area contributed by atoms with Crippen LogP contribution in [0.3, 0.4) is 0 Å². The Bertz CT molecular complexity index is 1180. The van der Waals surface area contributed by atoms with Crippen LogP contribution >= 0.6 is 32.9 Å². The van der Waals surface area contributed by atoms with E-state index in [-0.39, 0.29) is 22.3 Å². The maximum Gasteiger partial charge on any atom is 0.333 e. The Morgan fingerprint density at radius 3 is 2.43 bits per heavy atom. The second-order valence-corrected chi connectivity index (χ2v) is 20.4. The first-order chi connectivity index (χ1) is 16.9. The van der Waals surface area contributed by atoms with Crippen molar-refractivity contribution >= 4 is 63.3 Å². The minimum atomic E-state index is -1.92. The van der Waals surface area contributed by atoms with E-state index in [1.54, 1.807) is 34.0 Å². The van der Waals surface area contributed by atoms with Gasteiger partial charge in [0.15, 0.2) is 14.4 Å². The summed E-state index contributed by atoms with van der Waals surface area (Å²) >= 11 is 1.67. The third-order valence-electron chi connectivity index (χ3n) is 6.61. The molecule has 10 heteroatoms. The van der Waals surface area contributed by atoms with Crippen LogP contribution in [0.1, 0.15) is 66.5 Å². The van der Waals surface area contributed by atoms with Gasteiger partial charge in [0.25, 0.3) is 0 Å². The molecule has 3 rings (SSSR count). The Labute approximate surface area is 234 Å². The summed E-state index contributed by atoms with van der Waals surface area (Å²) in [5.74, 6) is -0.503. The number of β-lactam (4-membered cyclic amide) rings is 1. The van der Waals surface area contributed by atoms with Crippen molar-refractivity contribution in [3.8, 4) is 0 Å². The average Bonchev–Trinajstić information content (AvgIpc) is 3.18. The van der Waals surface area contributed by atoms with Crippen LogP contribution < -0.4 is 0 Å². The van der Waals surface area contributed by atoms with Crippen molar-refractivity contribution in [3.05, 3.63) is 35.4 Å². The lowest BCUT2D eigenvalue weighted by Gasteiger charge is -2.42. The van der Waals surface area contributed by atoms with Crippen molar-refractivity contribution in [2.75, 3.05) is 6.54 Å². The lowest BCUT2D eigenvalue weighted by atomic mass is 10.0. The maximum atomic E-state index is 13.0. The van der Waals surface area contributed by atoms with Gasteiger partial charge in [0, 0.05) is 11.4 Å². The molecule has 2 aromatic rings. The monoisotopic (exact) mass is 580 g/mol. The van der Waals surface area contributed by atoms with E-state index in [0.29, 0.717) is 12.1 Å². The summed E-state index contributed by atoms with van der Waals surface area (Å²) in [5, 5.41) is 0.875. The normalized spacial score (nSPS) is 18.5. The molecule has 0 radical (unpaired) electrons. The molecule has 6 nitrogen and oxygen atoms in total. The summed E-state index contributed by atoms with van der Waals surface area (Å²) in [6.07, 6.45) is -0.0718. The fourth-order valence-electron chi connectivity index (χ4n) is 3.64. The number of hydrogen-bond acceptors (Lipinski definition) is 8. The highest BCUT2D eigenvalue weighted by molar-refractivity contribution is 8.77. The molecule has 1 unspecified atom stereocenters. The van der Waals surface area contributed by atoms with E-state index in [9.17, 15) is 9.59 Å². The number of carbonyl (C=O) groups is 2. The Kier molecular flexibility index (Phi) is 9.01. The summed E-state index contributed by atoms with van der Waals surface area (Å²) in [6, 6.07) is 5.40. The maximum absolute atomic E-state index is 13.0. The number of thiazole rings is 1. The largest absolute Gasteiger partial charge is 0.458 e. The molecule has 1 amide bonds. The van der Waals surface area contributed by atoms with E-state index >= 15 is 0 Å². The Hall–Kier alpha value is -1.33. The summed E-state index contributed by atoms with van der Waals surface area (Å²) in [6.45, 7) is 24.9. The van der Waals surface area contributed by atoms with Gasteiger partial charge in [0.2, 0.25) is 5.91 Å². The molecule has 0 spiro atoms. The topological polar surface area (TPSA) is 68.7 Å².